The highest BCUT2D eigenvalue weighted by molar-refractivity contribution is 7.33. The van der Waals surface area contributed by atoms with Gasteiger partial charge in [-0.05, 0) is 132 Å². The fourth-order valence-electron chi connectivity index (χ4n) is 11.3. The van der Waals surface area contributed by atoms with E-state index < -0.39 is 0 Å². The summed E-state index contributed by atoms with van der Waals surface area (Å²) < 4.78 is 2.65. The van der Waals surface area contributed by atoms with Gasteiger partial charge < -0.3 is 0 Å². The second-order valence-electron chi connectivity index (χ2n) is 27.6. The van der Waals surface area contributed by atoms with E-state index in [0.29, 0.717) is 0 Å². The van der Waals surface area contributed by atoms with Crippen LogP contribution in [0, 0.1) is 0 Å². The molecule has 0 amide bonds. The molecular weight excluding hydrogens is 868 g/mol. The van der Waals surface area contributed by atoms with E-state index in [-0.39, 0.29) is 44.6 Å². The Kier molecular flexibility index (Phi) is 10.8. The van der Waals surface area contributed by atoms with Crippen molar-refractivity contribution >= 4 is 78.2 Å². The Morgan fingerprint density at radius 3 is 1.63 bits per heavy atom. The van der Waals surface area contributed by atoms with E-state index in [1.54, 1.807) is 0 Å². The minimum Gasteiger partial charge on any atom is -0.295 e. The Hall–Kier alpha value is -5.20. The van der Waals surface area contributed by atoms with Crippen LogP contribution in [0.3, 0.4) is 0 Å². The number of hydrogen-bond acceptors (Lipinski definition) is 5. The summed E-state index contributed by atoms with van der Waals surface area (Å²) in [5.74, 6) is 2.79. The van der Waals surface area contributed by atoms with Gasteiger partial charge in [0.1, 0.15) is 17.5 Å². The first kappa shape index (κ1) is 48.4. The molecule has 4 nitrogen and oxygen atoms in total. The van der Waals surface area contributed by atoms with Crippen molar-refractivity contribution in [2.24, 2.45) is 0 Å². The zero-order valence-electron chi connectivity index (χ0n) is 45.9. The van der Waals surface area contributed by atoms with Crippen molar-refractivity contribution in [1.82, 2.24) is 9.97 Å². The number of fused-ring (bicyclic) bond motifs is 7. The van der Waals surface area contributed by atoms with Gasteiger partial charge in [-0.3, -0.25) is 9.80 Å². The smallest absolute Gasteiger partial charge is 0.268 e. The number of nitrogens with zero attached hydrogens (tertiary/aromatic N) is 4. The molecule has 0 unspecified atom stereocenters. The van der Waals surface area contributed by atoms with Gasteiger partial charge in [0.2, 0.25) is 0 Å². The van der Waals surface area contributed by atoms with E-state index in [1.165, 1.54) is 93.8 Å². The van der Waals surface area contributed by atoms with Crippen LogP contribution in [0.1, 0.15) is 184 Å². The average molecular weight is 945 g/mol. The maximum absolute atomic E-state index is 5.88. The van der Waals surface area contributed by atoms with E-state index >= 15 is 0 Å². The molecule has 6 heteroatoms. The standard InChI is InChI=1S/C64H77BN4S/c1-58(2,3)39-22-20-38(21-23-39)44-34-40(59(4,5)6)25-30-49(44)69-50-36-42(61(10,11)12)24-29-48(50)65-52-55(66-57(62(13,14)15)67-56(52)69)68(43-27-28-46-47(37-43)64(18,19)33-32-63(46,16)17)53-45-35-41(60(7,8)9)26-31-51(45)70-54(53)65/h20-31,34-37H,32-33H2,1-19H3. The molecule has 2 aromatic heterocycles. The number of benzene rings is 5. The molecule has 3 aliphatic rings. The molecule has 2 aliphatic heterocycles. The molecular formula is C64H77BN4S. The van der Waals surface area contributed by atoms with Gasteiger partial charge >= 0.3 is 0 Å². The van der Waals surface area contributed by atoms with Crippen molar-refractivity contribution in [3.8, 4) is 11.1 Å². The Morgan fingerprint density at radius 1 is 0.500 bits per heavy atom. The number of hydrogen-bond donors (Lipinski definition) is 0. The summed E-state index contributed by atoms with van der Waals surface area (Å²) in [5.41, 5.74) is 17.4. The van der Waals surface area contributed by atoms with Crippen molar-refractivity contribution in [2.45, 2.75) is 182 Å². The minimum atomic E-state index is -0.355. The van der Waals surface area contributed by atoms with Gasteiger partial charge in [0, 0.05) is 42.7 Å². The van der Waals surface area contributed by atoms with Crippen molar-refractivity contribution in [1.29, 1.82) is 0 Å². The summed E-state index contributed by atoms with van der Waals surface area (Å²) >= 11 is 1.96. The molecule has 0 fully saturated rings. The molecule has 0 N–H and O–H groups in total. The predicted octanol–water partition coefficient (Wildman–Crippen LogP) is 16.3. The third-order valence-corrected chi connectivity index (χ3v) is 17.3. The molecule has 0 atom stereocenters. The van der Waals surface area contributed by atoms with Crippen LogP contribution in [0.2, 0.25) is 0 Å². The maximum atomic E-state index is 5.88. The minimum absolute atomic E-state index is 0.0226. The lowest BCUT2D eigenvalue weighted by Gasteiger charge is -2.44. The Labute approximate surface area is 425 Å². The van der Waals surface area contributed by atoms with Gasteiger partial charge in [-0.15, -0.1) is 11.3 Å². The Bertz CT molecular complexity index is 3240. The van der Waals surface area contributed by atoms with E-state index in [4.69, 9.17) is 9.97 Å². The molecule has 0 radical (unpaired) electrons. The van der Waals surface area contributed by atoms with Crippen molar-refractivity contribution in [3.05, 3.63) is 136 Å². The number of anilines is 6. The third-order valence-electron chi connectivity index (χ3n) is 16.0. The highest BCUT2D eigenvalue weighted by Gasteiger charge is 2.49. The summed E-state index contributed by atoms with van der Waals surface area (Å²) in [4.78, 5) is 16.9. The largest absolute Gasteiger partial charge is 0.295 e. The van der Waals surface area contributed by atoms with Crippen LogP contribution >= 0.6 is 11.3 Å². The zero-order valence-corrected chi connectivity index (χ0v) is 46.7. The topological polar surface area (TPSA) is 32.3 Å². The summed E-state index contributed by atoms with van der Waals surface area (Å²) in [7, 11) is 0. The van der Waals surface area contributed by atoms with Crippen LogP contribution < -0.4 is 25.5 Å². The molecule has 5 aromatic carbocycles. The Morgan fingerprint density at radius 2 is 1.03 bits per heavy atom. The lowest BCUT2D eigenvalue weighted by molar-refractivity contribution is 0.332. The quantitative estimate of drug-likeness (QED) is 0.165. The summed E-state index contributed by atoms with van der Waals surface area (Å²) in [6.45, 7) is 44.4. The van der Waals surface area contributed by atoms with Gasteiger partial charge in [-0.2, -0.15) is 0 Å². The van der Waals surface area contributed by atoms with Crippen LogP contribution in [0.4, 0.5) is 34.4 Å². The number of thiophene rings is 1. The second kappa shape index (κ2) is 15.7. The SMILES string of the molecule is CC(C)(C)c1ccc(-c2cc(C(C)(C)C)ccc2N2c3cc(C(C)(C)C)ccc3B3c4sc5ccc(C(C)(C)C)cc5c4N(c4ccc5c(c4)C(C)(C)CCC5(C)C)c4nc(C(C)(C)C)nc2c43)cc1. The van der Waals surface area contributed by atoms with E-state index in [1.807, 2.05) is 11.3 Å². The molecule has 10 rings (SSSR count). The van der Waals surface area contributed by atoms with Crippen molar-refractivity contribution in [2.75, 3.05) is 9.80 Å². The fourth-order valence-corrected chi connectivity index (χ4v) is 12.6. The third kappa shape index (κ3) is 7.94. The van der Waals surface area contributed by atoms with E-state index in [0.717, 1.165) is 29.6 Å². The molecule has 0 bridgehead atoms. The van der Waals surface area contributed by atoms with Gasteiger partial charge in [0.15, 0.2) is 0 Å². The van der Waals surface area contributed by atoms with Crippen LogP contribution in [-0.2, 0) is 37.9 Å². The van der Waals surface area contributed by atoms with Crippen LogP contribution in [-0.4, -0.2) is 16.7 Å². The summed E-state index contributed by atoms with van der Waals surface area (Å²) in [6, 6.07) is 38.5. The summed E-state index contributed by atoms with van der Waals surface area (Å²) in [5, 5.41) is 1.29. The molecule has 0 spiro atoms. The monoisotopic (exact) mass is 945 g/mol. The zero-order chi connectivity index (χ0) is 50.6. The first-order valence-corrected chi connectivity index (χ1v) is 26.8. The molecule has 1 aliphatic carbocycles. The van der Waals surface area contributed by atoms with Crippen LogP contribution in [0.5, 0.6) is 0 Å². The number of aromatic nitrogens is 2. The molecule has 362 valence electrons. The first-order valence-electron chi connectivity index (χ1n) is 26.0. The van der Waals surface area contributed by atoms with E-state index in [2.05, 4.69) is 238 Å². The molecule has 70 heavy (non-hydrogen) atoms. The normalized spacial score (nSPS) is 16.5. The predicted molar refractivity (Wildman–Crippen MR) is 306 cm³/mol. The second-order valence-corrected chi connectivity index (χ2v) is 28.7. The fraction of sp³-hybridized carbons (Fsp3) is 0.438. The lowest BCUT2D eigenvalue weighted by Crippen LogP contribution is -2.61. The van der Waals surface area contributed by atoms with Crippen molar-refractivity contribution < 1.29 is 0 Å². The van der Waals surface area contributed by atoms with Crippen LogP contribution in [0.25, 0.3) is 21.2 Å². The van der Waals surface area contributed by atoms with Crippen molar-refractivity contribution in [3.63, 3.8) is 0 Å². The number of rotatable bonds is 3. The van der Waals surface area contributed by atoms with Gasteiger partial charge in [-0.1, -0.05) is 186 Å². The van der Waals surface area contributed by atoms with Gasteiger partial charge in [0.25, 0.3) is 6.71 Å². The molecule has 0 saturated carbocycles. The van der Waals surface area contributed by atoms with Gasteiger partial charge in [-0.25, -0.2) is 9.97 Å². The molecule has 0 saturated heterocycles. The molecule has 4 heterocycles. The maximum Gasteiger partial charge on any atom is 0.268 e. The highest BCUT2D eigenvalue weighted by atomic mass is 32.1. The highest BCUT2D eigenvalue weighted by Crippen LogP contribution is 2.53. The molecule has 7 aromatic rings. The van der Waals surface area contributed by atoms with Crippen LogP contribution in [0.15, 0.2) is 97.1 Å². The summed E-state index contributed by atoms with van der Waals surface area (Å²) in [6.07, 6.45) is 2.32. The lowest BCUT2D eigenvalue weighted by atomic mass is 9.36. The van der Waals surface area contributed by atoms with Gasteiger partial charge in [0.05, 0.1) is 11.4 Å². The van der Waals surface area contributed by atoms with E-state index in [9.17, 15) is 0 Å². The average Bonchev–Trinajstić information content (AvgIpc) is 3.64. The Balaban J connectivity index is 1.36. The first-order chi connectivity index (χ1) is 32.3.